The van der Waals surface area contributed by atoms with E-state index in [0.717, 1.165) is 3.57 Å². The molecule has 0 spiro atoms. The van der Waals surface area contributed by atoms with Crippen molar-refractivity contribution in [2.24, 2.45) is 27.2 Å². The van der Waals surface area contributed by atoms with Crippen molar-refractivity contribution in [2.75, 3.05) is 0 Å². The van der Waals surface area contributed by atoms with Gasteiger partial charge in [0, 0.05) is 8.59 Å². The summed E-state index contributed by atoms with van der Waals surface area (Å²) in [5, 5.41) is 0.902. The van der Waals surface area contributed by atoms with Gasteiger partial charge in [0.2, 0.25) is 5.96 Å². The first kappa shape index (κ1) is 13.3. The number of rotatable bonds is 1. The number of benzene rings is 1. The smallest absolute Gasteiger partial charge is 0.223 e. The van der Waals surface area contributed by atoms with E-state index in [1.807, 2.05) is 22.6 Å². The Kier molecular flexibility index (Phi) is 4.63. The molecule has 0 aromatic heterocycles. The standard InChI is InChI=1S/C8H8Cl2IN5/c9-3-1-4(10)6(5(11)2-3)15-8(14)16-7(12)13/h1-2H,(H6,12,13,14,15,16). The summed E-state index contributed by atoms with van der Waals surface area (Å²) in [6.07, 6.45) is 0. The summed E-state index contributed by atoms with van der Waals surface area (Å²) in [5.41, 5.74) is 16.3. The molecule has 5 nitrogen and oxygen atoms in total. The number of aliphatic imine (C=N–C) groups is 2. The Morgan fingerprint density at radius 3 is 2.31 bits per heavy atom. The first-order chi connectivity index (χ1) is 7.40. The molecule has 0 saturated carbocycles. The van der Waals surface area contributed by atoms with Crippen LogP contribution in [-0.4, -0.2) is 11.9 Å². The van der Waals surface area contributed by atoms with Crippen molar-refractivity contribution >= 4 is 63.4 Å². The summed E-state index contributed by atoms with van der Waals surface area (Å²) >= 11 is 13.8. The lowest BCUT2D eigenvalue weighted by molar-refractivity contribution is 1.37. The van der Waals surface area contributed by atoms with Crippen molar-refractivity contribution in [3.8, 4) is 0 Å². The van der Waals surface area contributed by atoms with Crippen LogP contribution in [0.4, 0.5) is 5.69 Å². The first-order valence-electron chi connectivity index (χ1n) is 3.98. The zero-order valence-corrected chi connectivity index (χ0v) is 11.6. The number of hydrogen-bond acceptors (Lipinski definition) is 1. The lowest BCUT2D eigenvalue weighted by Crippen LogP contribution is -2.26. The third-order valence-electron chi connectivity index (χ3n) is 1.45. The van der Waals surface area contributed by atoms with E-state index in [1.54, 1.807) is 12.1 Å². The van der Waals surface area contributed by atoms with Crippen LogP contribution in [-0.2, 0) is 0 Å². The van der Waals surface area contributed by atoms with Gasteiger partial charge in [-0.2, -0.15) is 4.99 Å². The minimum absolute atomic E-state index is 0.0675. The SMILES string of the molecule is NC(N)=NC(N)=Nc1c(Cl)cc(Cl)cc1I. The van der Waals surface area contributed by atoms with Crippen LogP contribution in [0, 0.1) is 3.57 Å². The van der Waals surface area contributed by atoms with Crippen LogP contribution >= 0.6 is 45.8 Å². The van der Waals surface area contributed by atoms with Gasteiger partial charge in [0.25, 0.3) is 0 Å². The van der Waals surface area contributed by atoms with Gasteiger partial charge in [-0.05, 0) is 34.7 Å². The normalized spacial score (nSPS) is 11.3. The molecule has 0 aliphatic rings. The highest BCUT2D eigenvalue weighted by Gasteiger charge is 2.06. The molecule has 0 aliphatic carbocycles. The summed E-state index contributed by atoms with van der Waals surface area (Å²) < 4.78 is 0.754. The van der Waals surface area contributed by atoms with Crippen molar-refractivity contribution in [3.63, 3.8) is 0 Å². The van der Waals surface area contributed by atoms with Crippen LogP contribution in [0.25, 0.3) is 0 Å². The molecule has 0 bridgehead atoms. The van der Waals surface area contributed by atoms with E-state index in [4.69, 9.17) is 40.4 Å². The van der Waals surface area contributed by atoms with E-state index < -0.39 is 0 Å². The summed E-state index contributed by atoms with van der Waals surface area (Å²) in [6, 6.07) is 3.27. The number of hydrogen-bond donors (Lipinski definition) is 3. The van der Waals surface area contributed by atoms with Crippen molar-refractivity contribution < 1.29 is 0 Å². The molecule has 0 atom stereocenters. The highest BCUT2D eigenvalue weighted by atomic mass is 127. The van der Waals surface area contributed by atoms with Gasteiger partial charge in [0.05, 0.1) is 10.7 Å². The van der Waals surface area contributed by atoms with E-state index in [-0.39, 0.29) is 11.9 Å². The number of nitrogens with two attached hydrogens (primary N) is 3. The Morgan fingerprint density at radius 1 is 1.19 bits per heavy atom. The van der Waals surface area contributed by atoms with E-state index in [1.165, 1.54) is 0 Å². The fourth-order valence-corrected chi connectivity index (χ4v) is 2.54. The van der Waals surface area contributed by atoms with Crippen LogP contribution in [0.1, 0.15) is 0 Å². The number of guanidine groups is 2. The molecule has 16 heavy (non-hydrogen) atoms. The third kappa shape index (κ3) is 3.69. The van der Waals surface area contributed by atoms with Gasteiger partial charge < -0.3 is 17.2 Å². The average Bonchev–Trinajstić information content (AvgIpc) is 2.09. The second-order valence-electron chi connectivity index (χ2n) is 2.72. The molecule has 0 heterocycles. The second-order valence-corrected chi connectivity index (χ2v) is 4.73. The maximum atomic E-state index is 5.95. The molecule has 0 amide bonds. The molecule has 0 saturated heterocycles. The quantitative estimate of drug-likeness (QED) is 0.398. The highest BCUT2D eigenvalue weighted by molar-refractivity contribution is 14.1. The van der Waals surface area contributed by atoms with Crippen molar-refractivity contribution in [2.45, 2.75) is 0 Å². The topological polar surface area (TPSA) is 103 Å². The van der Waals surface area contributed by atoms with Crippen LogP contribution in [0.15, 0.2) is 22.1 Å². The minimum Gasteiger partial charge on any atom is -0.370 e. The van der Waals surface area contributed by atoms with Gasteiger partial charge in [-0.15, -0.1) is 0 Å². The molecule has 1 rings (SSSR count). The van der Waals surface area contributed by atoms with Crippen LogP contribution in [0.5, 0.6) is 0 Å². The van der Waals surface area contributed by atoms with E-state index in [9.17, 15) is 0 Å². The van der Waals surface area contributed by atoms with Gasteiger partial charge in [0.15, 0.2) is 5.96 Å². The van der Waals surface area contributed by atoms with Crippen LogP contribution < -0.4 is 17.2 Å². The predicted octanol–water partition coefficient (Wildman–Crippen LogP) is 1.82. The summed E-state index contributed by atoms with van der Waals surface area (Å²) in [4.78, 5) is 7.57. The summed E-state index contributed by atoms with van der Waals surface area (Å²) in [5.74, 6) is -0.233. The zero-order valence-electron chi connectivity index (χ0n) is 7.92. The van der Waals surface area contributed by atoms with Gasteiger partial charge in [-0.1, -0.05) is 23.2 Å². The van der Waals surface area contributed by atoms with Gasteiger partial charge in [-0.3, -0.25) is 0 Å². The molecule has 0 fully saturated rings. The molecule has 1 aromatic rings. The summed E-state index contributed by atoms with van der Waals surface area (Å²) in [7, 11) is 0. The average molecular weight is 372 g/mol. The Balaban J connectivity index is 3.20. The number of nitrogens with zero attached hydrogens (tertiary/aromatic N) is 2. The van der Waals surface area contributed by atoms with Crippen LogP contribution in [0.3, 0.4) is 0 Å². The molecule has 0 aliphatic heterocycles. The maximum absolute atomic E-state index is 5.95. The fourth-order valence-electron chi connectivity index (χ4n) is 0.913. The molecule has 86 valence electrons. The van der Waals surface area contributed by atoms with Crippen molar-refractivity contribution in [3.05, 3.63) is 25.7 Å². The molecule has 1 aromatic carbocycles. The summed E-state index contributed by atoms with van der Waals surface area (Å²) in [6.45, 7) is 0. The van der Waals surface area contributed by atoms with Crippen molar-refractivity contribution in [1.29, 1.82) is 0 Å². The fraction of sp³-hybridized carbons (Fsp3) is 0. The lowest BCUT2D eigenvalue weighted by atomic mass is 10.3. The largest absolute Gasteiger partial charge is 0.370 e. The van der Waals surface area contributed by atoms with E-state index in [2.05, 4.69) is 9.98 Å². The molecule has 0 unspecified atom stereocenters. The van der Waals surface area contributed by atoms with Crippen molar-refractivity contribution in [1.82, 2.24) is 0 Å². The Morgan fingerprint density at radius 2 is 1.81 bits per heavy atom. The molecular formula is C8H8Cl2IN5. The molecule has 0 radical (unpaired) electrons. The molecular weight excluding hydrogens is 364 g/mol. The Bertz CT molecular complexity index is 444. The monoisotopic (exact) mass is 371 g/mol. The Labute approximate surface area is 116 Å². The maximum Gasteiger partial charge on any atom is 0.223 e. The minimum atomic E-state index is -0.165. The Hall–Kier alpha value is -0.730. The predicted molar refractivity (Wildman–Crippen MR) is 76.3 cm³/mol. The second kappa shape index (κ2) is 5.55. The number of halogens is 3. The zero-order chi connectivity index (χ0) is 12.3. The first-order valence-corrected chi connectivity index (χ1v) is 5.82. The van der Waals surface area contributed by atoms with E-state index >= 15 is 0 Å². The van der Waals surface area contributed by atoms with E-state index in [0.29, 0.717) is 15.7 Å². The molecule has 6 N–H and O–H groups in total. The van der Waals surface area contributed by atoms with Gasteiger partial charge in [-0.25, -0.2) is 4.99 Å². The highest BCUT2D eigenvalue weighted by Crippen LogP contribution is 2.33. The van der Waals surface area contributed by atoms with Crippen LogP contribution in [0.2, 0.25) is 10.0 Å². The lowest BCUT2D eigenvalue weighted by Gasteiger charge is -2.03. The molecule has 8 heteroatoms. The third-order valence-corrected chi connectivity index (χ3v) is 2.78. The van der Waals surface area contributed by atoms with Gasteiger partial charge in [0.1, 0.15) is 0 Å². The van der Waals surface area contributed by atoms with Gasteiger partial charge >= 0.3 is 0 Å².